The predicted octanol–water partition coefficient (Wildman–Crippen LogP) is 8.05. The van der Waals surface area contributed by atoms with E-state index in [2.05, 4.69) is 0 Å². The molecule has 0 radical (unpaired) electrons. The van der Waals surface area contributed by atoms with E-state index in [0.29, 0.717) is 0 Å². The fraction of sp³-hybridized carbons (Fsp3) is 0.200. The van der Waals surface area contributed by atoms with Crippen molar-refractivity contribution in [3.05, 3.63) is 144 Å². The molecule has 6 rings (SSSR count). The Labute approximate surface area is 226 Å². The van der Waals surface area contributed by atoms with E-state index in [4.69, 9.17) is 6.20 Å². The van der Waals surface area contributed by atoms with Gasteiger partial charge < -0.3 is 0 Å². The number of halogens is 6. The van der Waals surface area contributed by atoms with Crippen molar-refractivity contribution in [1.82, 2.24) is 0 Å². The summed E-state index contributed by atoms with van der Waals surface area (Å²) in [5.74, 6) is 0. The number of hydrogen-bond acceptors (Lipinski definition) is 2. The number of alkyl halides is 6. The summed E-state index contributed by atoms with van der Waals surface area (Å²) in [6.07, 6.45) is -9.86. The molecule has 2 saturated heterocycles. The summed E-state index contributed by atoms with van der Waals surface area (Å²) in [5.41, 5.74) is -5.53. The molecule has 0 amide bonds. The number of hydrogen-bond donors (Lipinski definition) is 0. The molecule has 39 heavy (non-hydrogen) atoms. The van der Waals surface area contributed by atoms with Gasteiger partial charge in [-0.25, -0.2) is 0 Å². The number of benzene rings is 4. The van der Waals surface area contributed by atoms with E-state index in [0.717, 1.165) is 0 Å². The summed E-state index contributed by atoms with van der Waals surface area (Å²) >= 11 is -5.09. The molecule has 2 fully saturated rings. The Morgan fingerprint density at radius 1 is 0.462 bits per heavy atom. The molecule has 0 N–H and O–H groups in total. The molecule has 2 aliphatic rings. The van der Waals surface area contributed by atoms with Crippen molar-refractivity contribution < 1.29 is 32.5 Å². The van der Waals surface area contributed by atoms with E-state index in [1.807, 2.05) is 0 Å². The average Bonchev–Trinajstić information content (AvgIpc) is 2.89. The fourth-order valence-electron chi connectivity index (χ4n) is 5.81. The Bertz CT molecular complexity index is 1330. The molecule has 0 aromatic heterocycles. The van der Waals surface area contributed by atoms with Gasteiger partial charge in [-0.2, -0.15) is 0 Å². The molecule has 2 heterocycles. The number of rotatable bonds is 4. The molecule has 0 bridgehead atoms. The van der Waals surface area contributed by atoms with Gasteiger partial charge in [0.1, 0.15) is 0 Å². The average molecular weight is 656 g/mol. The van der Waals surface area contributed by atoms with E-state index in [9.17, 15) is 0 Å². The zero-order chi connectivity index (χ0) is 27.5. The van der Waals surface area contributed by atoms with Crippen LogP contribution < -0.4 is 0 Å². The maximum atomic E-state index is 15.2. The van der Waals surface area contributed by atoms with Crippen molar-refractivity contribution >= 4 is 19.0 Å². The van der Waals surface area contributed by atoms with Gasteiger partial charge in [0.25, 0.3) is 0 Å². The summed E-state index contributed by atoms with van der Waals surface area (Å²) < 4.78 is 100. The minimum absolute atomic E-state index is 0.164. The van der Waals surface area contributed by atoms with Crippen LogP contribution in [0.3, 0.4) is 0 Å². The van der Waals surface area contributed by atoms with Gasteiger partial charge in [-0.15, -0.1) is 0 Å². The molecule has 2 aliphatic heterocycles. The van der Waals surface area contributed by atoms with Gasteiger partial charge >= 0.3 is 227 Å². The standard InChI is InChI=1S/C30H22F6O2Te/c31-29(32,33)27(23-17-9-3-10-18-23)25(21-13-5-1-6-14-21)39(37-27)26(22-15-7-2-8-16-22)28(38-39,30(34,35)36)24-19-11-4-12-20-24/h1-20,25-26H. The van der Waals surface area contributed by atoms with Crippen molar-refractivity contribution in [2.24, 2.45) is 0 Å². The molecule has 1 spiro atoms. The first kappa shape index (κ1) is 26.4. The third-order valence-electron chi connectivity index (χ3n) is 7.37. The first-order valence-electron chi connectivity index (χ1n) is 12.1. The molecule has 2 nitrogen and oxygen atoms in total. The van der Waals surface area contributed by atoms with Gasteiger partial charge in [0.2, 0.25) is 0 Å². The monoisotopic (exact) mass is 658 g/mol. The summed E-state index contributed by atoms with van der Waals surface area (Å²) in [4.78, 5) is 0. The summed E-state index contributed by atoms with van der Waals surface area (Å²) in [6.45, 7) is 0. The maximum absolute atomic E-state index is 15.2. The predicted molar refractivity (Wildman–Crippen MR) is 135 cm³/mol. The van der Waals surface area contributed by atoms with Gasteiger partial charge in [0, 0.05) is 0 Å². The second-order valence-corrected chi connectivity index (χ2v) is 16.5. The summed E-state index contributed by atoms with van der Waals surface area (Å²) in [5, 5.41) is 0. The Hall–Kier alpha value is -2.83. The molecule has 0 aliphatic carbocycles. The van der Waals surface area contributed by atoms with E-state index in [-0.39, 0.29) is 22.3 Å². The fourth-order valence-corrected chi connectivity index (χ4v) is 18.5. The van der Waals surface area contributed by atoms with Crippen LogP contribution in [0.15, 0.2) is 121 Å². The van der Waals surface area contributed by atoms with Crippen LogP contribution in [0.25, 0.3) is 0 Å². The van der Waals surface area contributed by atoms with Gasteiger partial charge in [0.15, 0.2) is 0 Å². The molecule has 9 heteroatoms. The van der Waals surface area contributed by atoms with Gasteiger partial charge in [-0.05, 0) is 0 Å². The van der Waals surface area contributed by atoms with Gasteiger partial charge in [-0.1, -0.05) is 0 Å². The third-order valence-corrected chi connectivity index (χ3v) is 17.6. The minimum atomic E-state index is -5.09. The van der Waals surface area contributed by atoms with E-state index >= 15 is 26.3 Å². The first-order valence-corrected chi connectivity index (χ1v) is 16.7. The van der Waals surface area contributed by atoms with E-state index in [1.165, 1.54) is 72.8 Å². The summed E-state index contributed by atoms with van der Waals surface area (Å²) in [6, 6.07) is 30.0. The zero-order valence-corrected chi connectivity index (χ0v) is 22.5. The Balaban J connectivity index is 1.63. The third kappa shape index (κ3) is 3.64. The normalized spacial score (nSPS) is 32.1. The Morgan fingerprint density at radius 3 is 1.03 bits per heavy atom. The van der Waals surface area contributed by atoms with Crippen LogP contribution in [0.2, 0.25) is 0 Å². The molecular weight excluding hydrogens is 634 g/mol. The molecule has 4 atom stereocenters. The molecule has 4 aromatic rings. The van der Waals surface area contributed by atoms with Crippen LogP contribution in [0, 0.1) is 0 Å². The van der Waals surface area contributed by atoms with Crippen LogP contribution in [-0.4, -0.2) is 31.4 Å². The quantitative estimate of drug-likeness (QED) is 0.164. The van der Waals surface area contributed by atoms with Crippen molar-refractivity contribution in [2.45, 2.75) is 31.5 Å². The van der Waals surface area contributed by atoms with Gasteiger partial charge in [-0.3, -0.25) is 0 Å². The van der Waals surface area contributed by atoms with Crippen molar-refractivity contribution in [2.75, 3.05) is 0 Å². The second kappa shape index (κ2) is 9.10. The van der Waals surface area contributed by atoms with E-state index in [1.54, 1.807) is 48.5 Å². The molecule has 0 saturated carbocycles. The summed E-state index contributed by atoms with van der Waals surface area (Å²) in [7, 11) is 0. The SMILES string of the molecule is FC(F)(F)C1(c2ccccc2)O[Te]2(OC(c3ccccc3)(C(F)(F)F)C2c2ccccc2)C1c1ccccc1. The first-order chi connectivity index (χ1) is 18.6. The van der Waals surface area contributed by atoms with Crippen LogP contribution in [0.1, 0.15) is 30.2 Å². The molecular formula is C30H22F6O2Te. The van der Waals surface area contributed by atoms with Crippen LogP contribution in [0.5, 0.6) is 0 Å². The van der Waals surface area contributed by atoms with Crippen LogP contribution >= 0.6 is 0 Å². The van der Waals surface area contributed by atoms with Gasteiger partial charge in [0.05, 0.1) is 0 Å². The molecule has 4 unspecified atom stereocenters. The zero-order valence-electron chi connectivity index (χ0n) is 20.2. The Kier molecular flexibility index (Phi) is 6.16. The van der Waals surface area contributed by atoms with Crippen molar-refractivity contribution in [3.63, 3.8) is 0 Å². The van der Waals surface area contributed by atoms with Crippen molar-refractivity contribution in [1.29, 1.82) is 0 Å². The van der Waals surface area contributed by atoms with Crippen LogP contribution in [-0.2, 0) is 17.4 Å². The van der Waals surface area contributed by atoms with Crippen molar-refractivity contribution in [3.8, 4) is 0 Å². The topological polar surface area (TPSA) is 18.5 Å². The molecule has 202 valence electrons. The Morgan fingerprint density at radius 2 is 0.744 bits per heavy atom. The second-order valence-electron chi connectivity index (χ2n) is 9.54. The van der Waals surface area contributed by atoms with Crippen LogP contribution in [0.4, 0.5) is 26.3 Å². The molecule has 4 aromatic carbocycles. The van der Waals surface area contributed by atoms with E-state index < -0.39 is 50.5 Å².